The molecule has 0 atom stereocenters. The van der Waals surface area contributed by atoms with Crippen molar-refractivity contribution in [3.05, 3.63) is 35.3 Å². The maximum atomic E-state index is 11.3. The van der Waals surface area contributed by atoms with Crippen LogP contribution in [0, 0.1) is 0 Å². The number of anilines is 1. The molecule has 7 heteroatoms. The summed E-state index contributed by atoms with van der Waals surface area (Å²) >= 11 is 3.31. The fourth-order valence-corrected chi connectivity index (χ4v) is 1.72. The topological polar surface area (TPSA) is 87.7 Å². The van der Waals surface area contributed by atoms with E-state index in [9.17, 15) is 9.59 Å². The van der Waals surface area contributed by atoms with Crippen molar-refractivity contribution in [2.24, 2.45) is 0 Å². The zero-order valence-electron chi connectivity index (χ0n) is 10.7. The summed E-state index contributed by atoms with van der Waals surface area (Å²) in [5.74, 6) is 0.180. The molecule has 0 radical (unpaired) electrons. The largest absolute Gasteiger partial charge is 0.491 e. The monoisotopic (exact) mass is 342 g/mol. The molecule has 1 aromatic rings. The molecule has 0 heterocycles. The van der Waals surface area contributed by atoms with E-state index in [1.54, 1.807) is 18.2 Å². The summed E-state index contributed by atoms with van der Waals surface area (Å²) in [6, 6.07) is 5.22. The van der Waals surface area contributed by atoms with Crippen LogP contribution >= 0.6 is 15.9 Å². The van der Waals surface area contributed by atoms with Crippen molar-refractivity contribution in [2.45, 2.75) is 6.42 Å². The number of carbonyl (C=O) groups excluding carboxylic acids is 1. The Balaban J connectivity index is 2.57. The van der Waals surface area contributed by atoms with Gasteiger partial charge in [0.1, 0.15) is 5.75 Å². The van der Waals surface area contributed by atoms with E-state index >= 15 is 0 Å². The molecule has 0 unspecified atom stereocenters. The van der Waals surface area contributed by atoms with E-state index in [0.29, 0.717) is 31.0 Å². The van der Waals surface area contributed by atoms with Gasteiger partial charge in [-0.3, -0.25) is 4.79 Å². The van der Waals surface area contributed by atoms with E-state index < -0.39 is 6.09 Å². The zero-order valence-corrected chi connectivity index (χ0v) is 12.3. The molecule has 6 nitrogen and oxygen atoms in total. The fourth-order valence-electron chi connectivity index (χ4n) is 1.36. The number of halogens is 1. The Labute approximate surface area is 124 Å². The van der Waals surface area contributed by atoms with Gasteiger partial charge in [0.25, 0.3) is 0 Å². The number of amides is 2. The zero-order chi connectivity index (χ0) is 15.0. The number of hydrogen-bond donors (Lipinski definition) is 3. The highest BCUT2D eigenvalue weighted by Gasteiger charge is 2.07. The summed E-state index contributed by atoms with van der Waals surface area (Å²) in [5.41, 5.74) is 0.524. The third-order valence-electron chi connectivity index (χ3n) is 2.24. The third-order valence-corrected chi connectivity index (χ3v) is 2.73. The molecule has 0 aromatic heterocycles. The van der Waals surface area contributed by atoms with Crippen LogP contribution in [0.1, 0.15) is 6.42 Å². The normalized spacial score (nSPS) is 9.65. The minimum atomic E-state index is -1.06. The molecule has 20 heavy (non-hydrogen) atoms. The van der Waals surface area contributed by atoms with Gasteiger partial charge in [0, 0.05) is 11.0 Å². The van der Waals surface area contributed by atoms with Gasteiger partial charge in [-0.2, -0.15) is 0 Å². The third kappa shape index (κ3) is 5.75. The summed E-state index contributed by atoms with van der Waals surface area (Å²) < 4.78 is 6.32. The van der Waals surface area contributed by atoms with E-state index in [2.05, 4.69) is 33.1 Å². The molecular formula is C13H15BrN2O4. The summed E-state index contributed by atoms with van der Waals surface area (Å²) in [6.45, 7) is 4.02. The molecule has 3 N–H and O–H groups in total. The second-order valence-corrected chi connectivity index (χ2v) is 4.68. The van der Waals surface area contributed by atoms with Crippen LogP contribution in [0.3, 0.4) is 0 Å². The maximum Gasteiger partial charge on any atom is 0.404 e. The highest BCUT2D eigenvalue weighted by molar-refractivity contribution is 9.10. The fraction of sp³-hybridized carbons (Fsp3) is 0.231. The molecule has 1 rings (SSSR count). The Morgan fingerprint density at radius 2 is 2.20 bits per heavy atom. The number of nitrogens with one attached hydrogen (secondary N) is 2. The highest BCUT2D eigenvalue weighted by Crippen LogP contribution is 2.28. The average Bonchev–Trinajstić information content (AvgIpc) is 2.40. The summed E-state index contributed by atoms with van der Waals surface area (Å²) in [6.07, 6.45) is 0.631. The number of carboxylic acid groups (broad SMARTS) is 1. The first-order chi connectivity index (χ1) is 9.52. The Morgan fingerprint density at radius 3 is 2.85 bits per heavy atom. The van der Waals surface area contributed by atoms with Crippen LogP contribution < -0.4 is 15.4 Å². The van der Waals surface area contributed by atoms with Crippen molar-refractivity contribution in [2.75, 3.05) is 18.5 Å². The van der Waals surface area contributed by atoms with Crippen LogP contribution in [0.2, 0.25) is 0 Å². The van der Waals surface area contributed by atoms with Crippen LogP contribution in [-0.4, -0.2) is 30.3 Å². The van der Waals surface area contributed by atoms with Crippen molar-refractivity contribution in [3.8, 4) is 5.75 Å². The van der Waals surface area contributed by atoms with E-state index in [4.69, 9.17) is 9.84 Å². The summed E-state index contributed by atoms with van der Waals surface area (Å²) in [4.78, 5) is 21.6. The van der Waals surface area contributed by atoms with Crippen LogP contribution in [0.25, 0.3) is 0 Å². The van der Waals surface area contributed by atoms with Crippen LogP contribution in [-0.2, 0) is 4.79 Å². The van der Waals surface area contributed by atoms with Crippen LogP contribution in [0.15, 0.2) is 35.3 Å². The first-order valence-corrected chi connectivity index (χ1v) is 6.65. The van der Waals surface area contributed by atoms with Crippen LogP contribution in [0.5, 0.6) is 5.75 Å². The van der Waals surface area contributed by atoms with Gasteiger partial charge >= 0.3 is 6.09 Å². The highest BCUT2D eigenvalue weighted by atomic mass is 79.9. The van der Waals surface area contributed by atoms with Gasteiger partial charge in [0.05, 0.1) is 12.3 Å². The van der Waals surface area contributed by atoms with E-state index in [1.165, 1.54) is 6.08 Å². The van der Waals surface area contributed by atoms with Gasteiger partial charge in [-0.15, -0.1) is 0 Å². The standard InChI is InChI=1S/C13H15BrN2O4/c1-2-12(17)16-10-8-9(14)4-5-11(10)20-7-3-6-15-13(18)19/h2,4-5,8,15H,1,3,6-7H2,(H,16,17)(H,18,19). The van der Waals surface area contributed by atoms with E-state index in [0.717, 1.165) is 4.47 Å². The number of benzene rings is 1. The van der Waals surface area contributed by atoms with Crippen molar-refractivity contribution in [3.63, 3.8) is 0 Å². The van der Waals surface area contributed by atoms with Crippen molar-refractivity contribution >= 4 is 33.6 Å². The lowest BCUT2D eigenvalue weighted by Gasteiger charge is -2.12. The molecule has 1 aromatic carbocycles. The van der Waals surface area contributed by atoms with Crippen molar-refractivity contribution in [1.29, 1.82) is 0 Å². The first-order valence-electron chi connectivity index (χ1n) is 5.85. The number of ether oxygens (including phenoxy) is 1. The number of rotatable bonds is 7. The molecule has 0 aliphatic carbocycles. The van der Waals surface area contributed by atoms with Crippen molar-refractivity contribution in [1.82, 2.24) is 5.32 Å². The number of carbonyl (C=O) groups is 2. The predicted octanol–water partition coefficient (Wildman–Crippen LogP) is 2.61. The Bertz CT molecular complexity index is 505. The lowest BCUT2D eigenvalue weighted by molar-refractivity contribution is -0.111. The minimum absolute atomic E-state index is 0.306. The Kier molecular flexibility index (Phi) is 6.58. The Morgan fingerprint density at radius 1 is 1.45 bits per heavy atom. The molecule has 0 saturated carbocycles. The summed E-state index contributed by atoms with van der Waals surface area (Å²) in [5, 5.41) is 13.3. The van der Waals surface area contributed by atoms with Gasteiger partial charge in [0.15, 0.2) is 0 Å². The lowest BCUT2D eigenvalue weighted by atomic mass is 10.3. The Hall–Kier alpha value is -2.02. The second-order valence-electron chi connectivity index (χ2n) is 3.77. The average molecular weight is 343 g/mol. The molecule has 108 valence electrons. The molecule has 0 aliphatic heterocycles. The second kappa shape index (κ2) is 8.21. The molecule has 0 bridgehead atoms. The molecular weight excluding hydrogens is 328 g/mol. The van der Waals surface area contributed by atoms with Crippen molar-refractivity contribution < 1.29 is 19.4 Å². The minimum Gasteiger partial charge on any atom is -0.491 e. The first kappa shape index (κ1) is 16.0. The SMILES string of the molecule is C=CC(=O)Nc1cc(Br)ccc1OCCCNC(=O)O. The predicted molar refractivity (Wildman–Crippen MR) is 79.1 cm³/mol. The molecule has 0 saturated heterocycles. The lowest BCUT2D eigenvalue weighted by Crippen LogP contribution is -2.23. The maximum absolute atomic E-state index is 11.3. The van der Waals surface area contributed by atoms with Gasteiger partial charge < -0.3 is 20.5 Å². The van der Waals surface area contributed by atoms with E-state index in [1.807, 2.05) is 0 Å². The van der Waals surface area contributed by atoms with Gasteiger partial charge in [-0.1, -0.05) is 22.5 Å². The smallest absolute Gasteiger partial charge is 0.404 e. The van der Waals surface area contributed by atoms with Gasteiger partial charge in [0.2, 0.25) is 5.91 Å². The summed E-state index contributed by atoms with van der Waals surface area (Å²) in [7, 11) is 0. The molecule has 0 spiro atoms. The van der Waals surface area contributed by atoms with E-state index in [-0.39, 0.29) is 5.91 Å². The number of hydrogen-bond acceptors (Lipinski definition) is 3. The quantitative estimate of drug-likeness (QED) is 0.525. The molecule has 0 aliphatic rings. The van der Waals surface area contributed by atoms with Crippen LogP contribution in [0.4, 0.5) is 10.5 Å². The molecule has 0 fully saturated rings. The van der Waals surface area contributed by atoms with Gasteiger partial charge in [-0.25, -0.2) is 4.79 Å². The van der Waals surface area contributed by atoms with Gasteiger partial charge in [-0.05, 0) is 30.7 Å². The molecule has 2 amide bonds.